The smallest absolute Gasteiger partial charge is 0.0507 e. The first kappa shape index (κ1) is 13.4. The summed E-state index contributed by atoms with van der Waals surface area (Å²) in [5, 5.41) is 0. The van der Waals surface area contributed by atoms with Gasteiger partial charge in [0.1, 0.15) is 0 Å². The Kier molecular flexibility index (Phi) is 4.50. The van der Waals surface area contributed by atoms with E-state index in [4.69, 9.17) is 11.5 Å². The predicted molar refractivity (Wildman–Crippen MR) is 79.8 cm³/mol. The number of hydrogen-bond donors (Lipinski definition) is 2. The van der Waals surface area contributed by atoms with E-state index in [0.717, 1.165) is 20.2 Å². The first-order chi connectivity index (χ1) is 8.09. The fourth-order valence-corrected chi connectivity index (χ4v) is 3.89. The maximum atomic E-state index is 6.39. The lowest BCUT2D eigenvalue weighted by Crippen LogP contribution is -2.24. The molecule has 0 bridgehead atoms. The van der Waals surface area contributed by atoms with Crippen LogP contribution in [0.4, 0.5) is 5.69 Å². The molecule has 1 aromatic rings. The first-order valence-corrected chi connectivity index (χ1v) is 7.68. The number of nitrogen functional groups attached to an aromatic ring is 1. The van der Waals surface area contributed by atoms with Crippen LogP contribution in [0.5, 0.6) is 0 Å². The number of anilines is 1. The van der Waals surface area contributed by atoms with E-state index in [2.05, 4.69) is 37.9 Å². The highest BCUT2D eigenvalue weighted by Gasteiger charge is 2.24. The van der Waals surface area contributed by atoms with Gasteiger partial charge in [0.15, 0.2) is 0 Å². The van der Waals surface area contributed by atoms with Crippen LogP contribution in [0.2, 0.25) is 0 Å². The van der Waals surface area contributed by atoms with Crippen LogP contribution < -0.4 is 11.5 Å². The molecule has 1 aliphatic rings. The molecule has 0 unspecified atom stereocenters. The van der Waals surface area contributed by atoms with Crippen LogP contribution in [0.15, 0.2) is 21.1 Å². The molecule has 1 aliphatic carbocycles. The van der Waals surface area contributed by atoms with E-state index in [1.54, 1.807) is 0 Å². The van der Waals surface area contributed by atoms with Crippen molar-refractivity contribution >= 4 is 37.5 Å². The fourth-order valence-electron chi connectivity index (χ4n) is 2.63. The van der Waals surface area contributed by atoms with Crippen molar-refractivity contribution in [3.63, 3.8) is 0 Å². The summed E-state index contributed by atoms with van der Waals surface area (Å²) in [5.74, 6) is 0.576. The van der Waals surface area contributed by atoms with E-state index in [9.17, 15) is 0 Å². The van der Waals surface area contributed by atoms with Crippen LogP contribution in [-0.2, 0) is 0 Å². The minimum Gasteiger partial charge on any atom is -0.398 e. The zero-order valence-corrected chi connectivity index (χ0v) is 12.9. The zero-order valence-electron chi connectivity index (χ0n) is 9.76. The van der Waals surface area contributed by atoms with Crippen LogP contribution in [0, 0.1) is 5.92 Å². The average molecular weight is 362 g/mol. The number of hydrogen-bond acceptors (Lipinski definition) is 2. The Bertz CT molecular complexity index is 401. The summed E-state index contributed by atoms with van der Waals surface area (Å²) in [5.41, 5.74) is 14.3. The first-order valence-electron chi connectivity index (χ1n) is 6.09. The fraction of sp³-hybridized carbons (Fsp3) is 0.538. The SMILES string of the molecule is Nc1c(Br)cc(Br)cc1[C@H](N)C1CCCCC1. The largest absolute Gasteiger partial charge is 0.398 e. The van der Waals surface area contributed by atoms with E-state index in [1.165, 1.54) is 32.1 Å². The Balaban J connectivity index is 2.26. The topological polar surface area (TPSA) is 52.0 Å². The summed E-state index contributed by atoms with van der Waals surface area (Å²) in [6.07, 6.45) is 6.40. The van der Waals surface area contributed by atoms with Crippen LogP contribution in [0.3, 0.4) is 0 Å². The van der Waals surface area contributed by atoms with Gasteiger partial charge in [0.25, 0.3) is 0 Å². The van der Waals surface area contributed by atoms with Gasteiger partial charge in [-0.1, -0.05) is 35.2 Å². The van der Waals surface area contributed by atoms with Crippen molar-refractivity contribution in [2.24, 2.45) is 11.7 Å². The standard InChI is InChI=1S/C13H18Br2N2/c14-9-6-10(13(17)11(15)7-9)12(16)8-4-2-1-3-5-8/h6-8,12H,1-5,16-17H2/t12-/m1/s1. The molecule has 2 nitrogen and oxygen atoms in total. The lowest BCUT2D eigenvalue weighted by atomic mass is 9.81. The predicted octanol–water partition coefficient (Wildman–Crippen LogP) is 4.37. The van der Waals surface area contributed by atoms with Gasteiger partial charge in [-0.15, -0.1) is 0 Å². The van der Waals surface area contributed by atoms with Crippen molar-refractivity contribution in [3.8, 4) is 0 Å². The van der Waals surface area contributed by atoms with E-state index in [1.807, 2.05) is 6.07 Å². The Labute approximate surface area is 119 Å². The van der Waals surface area contributed by atoms with Crippen LogP contribution in [0.1, 0.15) is 43.7 Å². The average Bonchev–Trinajstić information content (AvgIpc) is 2.34. The molecule has 2 rings (SSSR count). The highest BCUT2D eigenvalue weighted by Crippen LogP contribution is 2.38. The Morgan fingerprint density at radius 3 is 2.41 bits per heavy atom. The minimum atomic E-state index is 0.0594. The van der Waals surface area contributed by atoms with Crippen molar-refractivity contribution in [1.29, 1.82) is 0 Å². The number of halogens is 2. The summed E-state index contributed by atoms with van der Waals surface area (Å²) in [4.78, 5) is 0. The molecule has 0 amide bonds. The summed E-state index contributed by atoms with van der Waals surface area (Å²) >= 11 is 6.98. The van der Waals surface area contributed by atoms with Crippen LogP contribution in [-0.4, -0.2) is 0 Å². The normalized spacial score (nSPS) is 19.2. The molecule has 1 atom stereocenters. The van der Waals surface area contributed by atoms with Gasteiger partial charge in [-0.3, -0.25) is 0 Å². The second kappa shape index (κ2) is 5.72. The van der Waals surface area contributed by atoms with Gasteiger partial charge in [-0.05, 0) is 52.4 Å². The van der Waals surface area contributed by atoms with Crippen molar-refractivity contribution < 1.29 is 0 Å². The third-order valence-corrected chi connectivity index (χ3v) is 4.76. The second-order valence-electron chi connectivity index (χ2n) is 4.81. The summed E-state index contributed by atoms with van der Waals surface area (Å²) < 4.78 is 1.95. The number of nitrogens with two attached hydrogens (primary N) is 2. The molecule has 94 valence electrons. The Hall–Kier alpha value is -0.0600. The highest BCUT2D eigenvalue weighted by atomic mass is 79.9. The summed E-state index contributed by atoms with van der Waals surface area (Å²) in [7, 11) is 0. The van der Waals surface area contributed by atoms with Gasteiger partial charge >= 0.3 is 0 Å². The second-order valence-corrected chi connectivity index (χ2v) is 6.58. The maximum Gasteiger partial charge on any atom is 0.0507 e. The van der Waals surface area contributed by atoms with Crippen molar-refractivity contribution in [2.45, 2.75) is 38.1 Å². The quantitative estimate of drug-likeness (QED) is 0.768. The van der Waals surface area contributed by atoms with Gasteiger partial charge in [-0.25, -0.2) is 0 Å². The van der Waals surface area contributed by atoms with Gasteiger partial charge in [0.05, 0.1) is 5.69 Å². The minimum absolute atomic E-state index is 0.0594. The number of rotatable bonds is 2. The van der Waals surface area contributed by atoms with E-state index < -0.39 is 0 Å². The summed E-state index contributed by atoms with van der Waals surface area (Å²) in [6.45, 7) is 0. The van der Waals surface area contributed by atoms with Crippen molar-refractivity contribution in [1.82, 2.24) is 0 Å². The molecule has 4 heteroatoms. The maximum absolute atomic E-state index is 6.39. The summed E-state index contributed by atoms with van der Waals surface area (Å²) in [6, 6.07) is 4.08. The lowest BCUT2D eigenvalue weighted by molar-refractivity contribution is 0.308. The lowest BCUT2D eigenvalue weighted by Gasteiger charge is -2.28. The molecular weight excluding hydrogens is 344 g/mol. The van der Waals surface area contributed by atoms with Gasteiger partial charge < -0.3 is 11.5 Å². The van der Waals surface area contributed by atoms with Gasteiger partial charge in [0.2, 0.25) is 0 Å². The molecule has 1 fully saturated rings. The molecule has 0 saturated heterocycles. The van der Waals surface area contributed by atoms with Crippen molar-refractivity contribution in [2.75, 3.05) is 5.73 Å². The highest BCUT2D eigenvalue weighted by molar-refractivity contribution is 9.11. The third-order valence-electron chi connectivity index (χ3n) is 3.64. The number of benzene rings is 1. The van der Waals surface area contributed by atoms with Crippen LogP contribution >= 0.6 is 31.9 Å². The van der Waals surface area contributed by atoms with Crippen molar-refractivity contribution in [3.05, 3.63) is 26.6 Å². The molecular formula is C13H18Br2N2. The molecule has 0 heterocycles. The molecule has 17 heavy (non-hydrogen) atoms. The molecule has 0 radical (unpaired) electrons. The molecule has 0 spiro atoms. The van der Waals surface area contributed by atoms with E-state index in [-0.39, 0.29) is 6.04 Å². The monoisotopic (exact) mass is 360 g/mol. The Morgan fingerprint density at radius 2 is 1.76 bits per heavy atom. The molecule has 0 aromatic heterocycles. The zero-order chi connectivity index (χ0) is 12.4. The van der Waals surface area contributed by atoms with Gasteiger partial charge in [-0.2, -0.15) is 0 Å². The van der Waals surface area contributed by atoms with E-state index >= 15 is 0 Å². The Morgan fingerprint density at radius 1 is 1.12 bits per heavy atom. The van der Waals surface area contributed by atoms with Crippen LogP contribution in [0.25, 0.3) is 0 Å². The molecule has 1 saturated carbocycles. The molecule has 4 N–H and O–H groups in total. The molecule has 1 aromatic carbocycles. The van der Waals surface area contributed by atoms with Gasteiger partial charge in [0, 0.05) is 15.0 Å². The molecule has 0 aliphatic heterocycles. The third kappa shape index (κ3) is 3.04. The van der Waals surface area contributed by atoms with E-state index in [0.29, 0.717) is 5.92 Å².